The fourth-order valence-electron chi connectivity index (χ4n) is 3.13. The number of aliphatic hydroxyl groups excluding tert-OH is 1. The molecule has 0 amide bonds. The molecule has 0 aromatic heterocycles. The Morgan fingerprint density at radius 1 is 1.43 bits per heavy atom. The fraction of sp³-hybridized carbons (Fsp3) is 1.00. The lowest BCUT2D eigenvalue weighted by molar-refractivity contribution is 0.0511. The van der Waals surface area contributed by atoms with Crippen molar-refractivity contribution in [1.29, 1.82) is 0 Å². The SMILES string of the molecule is CN1CCCCC1C1(CO)CCCN1. The number of hydrogen-bond acceptors (Lipinski definition) is 3. The minimum atomic E-state index is 0.00910. The van der Waals surface area contributed by atoms with Crippen LogP contribution in [0.4, 0.5) is 0 Å². The summed E-state index contributed by atoms with van der Waals surface area (Å²) in [7, 11) is 2.20. The van der Waals surface area contributed by atoms with E-state index in [2.05, 4.69) is 17.3 Å². The van der Waals surface area contributed by atoms with Crippen LogP contribution in [-0.4, -0.2) is 48.3 Å². The molecule has 2 saturated heterocycles. The van der Waals surface area contributed by atoms with Gasteiger partial charge in [0.05, 0.1) is 12.1 Å². The van der Waals surface area contributed by atoms with E-state index < -0.39 is 0 Å². The summed E-state index contributed by atoms with van der Waals surface area (Å²) in [6.07, 6.45) is 6.22. The van der Waals surface area contributed by atoms with Crippen molar-refractivity contribution in [2.45, 2.75) is 43.7 Å². The molecule has 2 atom stereocenters. The van der Waals surface area contributed by atoms with Crippen LogP contribution in [0.1, 0.15) is 32.1 Å². The van der Waals surface area contributed by atoms with E-state index in [0.29, 0.717) is 12.6 Å². The van der Waals surface area contributed by atoms with Gasteiger partial charge in [0.2, 0.25) is 0 Å². The normalized spacial score (nSPS) is 40.3. The van der Waals surface area contributed by atoms with Crippen LogP contribution in [0, 0.1) is 0 Å². The lowest BCUT2D eigenvalue weighted by Gasteiger charge is -2.44. The summed E-state index contributed by atoms with van der Waals surface area (Å²) in [6, 6.07) is 0.545. The molecule has 0 spiro atoms. The van der Waals surface area contributed by atoms with E-state index in [4.69, 9.17) is 0 Å². The third-order valence-electron chi connectivity index (χ3n) is 3.97. The standard InChI is InChI=1S/C11H22N2O/c1-13-8-3-2-5-10(13)11(9-14)6-4-7-12-11/h10,12,14H,2-9H2,1H3. The van der Waals surface area contributed by atoms with Crippen LogP contribution in [0.3, 0.4) is 0 Å². The number of aliphatic hydroxyl groups is 1. The zero-order valence-electron chi connectivity index (χ0n) is 9.13. The molecule has 0 saturated carbocycles. The molecule has 3 nitrogen and oxygen atoms in total. The maximum Gasteiger partial charge on any atom is 0.0628 e. The Bertz CT molecular complexity index is 190. The van der Waals surface area contributed by atoms with Crippen molar-refractivity contribution in [1.82, 2.24) is 10.2 Å². The van der Waals surface area contributed by atoms with Crippen molar-refractivity contribution < 1.29 is 5.11 Å². The highest BCUT2D eigenvalue weighted by atomic mass is 16.3. The van der Waals surface area contributed by atoms with Crippen LogP contribution in [0.5, 0.6) is 0 Å². The van der Waals surface area contributed by atoms with Crippen LogP contribution in [-0.2, 0) is 0 Å². The highest BCUT2D eigenvalue weighted by molar-refractivity contribution is 5.03. The summed E-state index contributed by atoms with van der Waals surface area (Å²) in [5.41, 5.74) is 0.00910. The second-order valence-electron chi connectivity index (χ2n) is 4.84. The minimum Gasteiger partial charge on any atom is -0.394 e. The number of likely N-dealkylation sites (tertiary alicyclic amines) is 1. The molecule has 14 heavy (non-hydrogen) atoms. The van der Waals surface area contributed by atoms with Crippen molar-refractivity contribution in [2.24, 2.45) is 0 Å². The van der Waals surface area contributed by atoms with E-state index in [1.165, 1.54) is 32.2 Å². The Morgan fingerprint density at radius 2 is 2.29 bits per heavy atom. The lowest BCUT2D eigenvalue weighted by Crippen LogP contribution is -2.60. The van der Waals surface area contributed by atoms with Gasteiger partial charge in [-0.05, 0) is 45.8 Å². The van der Waals surface area contributed by atoms with Crippen LogP contribution in [0.25, 0.3) is 0 Å². The first-order chi connectivity index (χ1) is 6.78. The summed E-state index contributed by atoms with van der Waals surface area (Å²) in [4.78, 5) is 2.43. The van der Waals surface area contributed by atoms with Gasteiger partial charge in [-0.1, -0.05) is 6.42 Å². The van der Waals surface area contributed by atoms with Crippen molar-refractivity contribution >= 4 is 0 Å². The van der Waals surface area contributed by atoms with Crippen LogP contribution >= 0.6 is 0 Å². The van der Waals surface area contributed by atoms with E-state index in [9.17, 15) is 5.11 Å². The zero-order valence-corrected chi connectivity index (χ0v) is 9.13. The van der Waals surface area contributed by atoms with Gasteiger partial charge in [-0.15, -0.1) is 0 Å². The quantitative estimate of drug-likeness (QED) is 0.681. The number of hydrogen-bond donors (Lipinski definition) is 2. The predicted octanol–water partition coefficient (Wildman–Crippen LogP) is 0.585. The largest absolute Gasteiger partial charge is 0.394 e. The minimum absolute atomic E-state index is 0.00910. The van der Waals surface area contributed by atoms with Crippen LogP contribution < -0.4 is 5.32 Å². The summed E-state index contributed by atoms with van der Waals surface area (Å²) >= 11 is 0. The highest BCUT2D eigenvalue weighted by Crippen LogP contribution is 2.31. The monoisotopic (exact) mass is 198 g/mol. The molecular formula is C11H22N2O. The van der Waals surface area contributed by atoms with E-state index in [1.54, 1.807) is 0 Å². The molecule has 2 fully saturated rings. The van der Waals surface area contributed by atoms with Crippen molar-refractivity contribution in [2.75, 3.05) is 26.7 Å². The summed E-state index contributed by atoms with van der Waals surface area (Å²) in [5.74, 6) is 0. The van der Waals surface area contributed by atoms with Gasteiger partial charge in [-0.25, -0.2) is 0 Å². The molecule has 0 aromatic rings. The molecule has 3 heteroatoms. The molecule has 0 aromatic carbocycles. The summed E-state index contributed by atoms with van der Waals surface area (Å²) in [6.45, 7) is 2.56. The van der Waals surface area contributed by atoms with Gasteiger partial charge in [-0.3, -0.25) is 0 Å². The van der Waals surface area contributed by atoms with Gasteiger partial charge in [0.1, 0.15) is 0 Å². The average molecular weight is 198 g/mol. The topological polar surface area (TPSA) is 35.5 Å². The second-order valence-corrected chi connectivity index (χ2v) is 4.84. The smallest absolute Gasteiger partial charge is 0.0628 e. The molecule has 2 aliphatic heterocycles. The predicted molar refractivity (Wildman–Crippen MR) is 57.3 cm³/mol. The molecule has 2 heterocycles. The first-order valence-corrected chi connectivity index (χ1v) is 5.85. The highest BCUT2D eigenvalue weighted by Gasteiger charge is 2.43. The van der Waals surface area contributed by atoms with Crippen LogP contribution in [0.2, 0.25) is 0 Å². The van der Waals surface area contributed by atoms with Crippen molar-refractivity contribution in [3.8, 4) is 0 Å². The molecular weight excluding hydrogens is 176 g/mol. The van der Waals surface area contributed by atoms with Gasteiger partial charge in [-0.2, -0.15) is 0 Å². The molecule has 2 rings (SSSR count). The number of nitrogens with zero attached hydrogens (tertiary/aromatic N) is 1. The van der Waals surface area contributed by atoms with Gasteiger partial charge in [0, 0.05) is 6.04 Å². The fourth-order valence-corrected chi connectivity index (χ4v) is 3.13. The molecule has 2 N–H and O–H groups in total. The Hall–Kier alpha value is -0.120. The number of nitrogens with one attached hydrogen (secondary N) is 1. The summed E-state index contributed by atoms with van der Waals surface area (Å²) in [5, 5.41) is 13.1. The van der Waals surface area contributed by atoms with Crippen molar-refractivity contribution in [3.05, 3.63) is 0 Å². The lowest BCUT2D eigenvalue weighted by atomic mass is 9.83. The van der Waals surface area contributed by atoms with Gasteiger partial charge in [0.15, 0.2) is 0 Å². The first kappa shape index (κ1) is 10.4. The van der Waals surface area contributed by atoms with Gasteiger partial charge >= 0.3 is 0 Å². The van der Waals surface area contributed by atoms with Gasteiger partial charge < -0.3 is 15.3 Å². The molecule has 0 bridgehead atoms. The van der Waals surface area contributed by atoms with E-state index >= 15 is 0 Å². The average Bonchev–Trinajstić information content (AvgIpc) is 2.68. The van der Waals surface area contributed by atoms with E-state index in [-0.39, 0.29) is 5.54 Å². The zero-order chi connectivity index (χ0) is 10.0. The third kappa shape index (κ3) is 1.69. The maximum atomic E-state index is 9.60. The Labute approximate surface area is 86.5 Å². The Kier molecular flexibility index (Phi) is 3.10. The van der Waals surface area contributed by atoms with E-state index in [0.717, 1.165) is 13.0 Å². The van der Waals surface area contributed by atoms with Crippen molar-refractivity contribution in [3.63, 3.8) is 0 Å². The molecule has 2 aliphatic rings. The first-order valence-electron chi connectivity index (χ1n) is 5.85. The molecule has 0 aliphatic carbocycles. The third-order valence-corrected chi connectivity index (χ3v) is 3.97. The van der Waals surface area contributed by atoms with E-state index in [1.807, 2.05) is 0 Å². The van der Waals surface area contributed by atoms with Crippen LogP contribution in [0.15, 0.2) is 0 Å². The Balaban J connectivity index is 2.09. The second kappa shape index (κ2) is 4.17. The maximum absolute atomic E-state index is 9.60. The number of likely N-dealkylation sites (N-methyl/N-ethyl adjacent to an activating group) is 1. The van der Waals surface area contributed by atoms with Gasteiger partial charge in [0.25, 0.3) is 0 Å². The molecule has 82 valence electrons. The number of rotatable bonds is 2. The molecule has 0 radical (unpaired) electrons. The molecule has 2 unspecified atom stereocenters. The summed E-state index contributed by atoms with van der Waals surface area (Å²) < 4.78 is 0. The number of piperidine rings is 1. The Morgan fingerprint density at radius 3 is 2.86 bits per heavy atom.